The van der Waals surface area contributed by atoms with Crippen LogP contribution in [0.15, 0.2) is 29.2 Å². The lowest BCUT2D eigenvalue weighted by Gasteiger charge is -2.31. The Kier molecular flexibility index (Phi) is 4.88. The summed E-state index contributed by atoms with van der Waals surface area (Å²) in [6.45, 7) is 2.86. The van der Waals surface area contributed by atoms with Crippen LogP contribution >= 0.6 is 0 Å². The van der Waals surface area contributed by atoms with Crippen molar-refractivity contribution in [2.24, 2.45) is 0 Å². The van der Waals surface area contributed by atoms with Crippen molar-refractivity contribution in [3.05, 3.63) is 24.3 Å². The Hall–Kier alpha value is -1.56. The SMILES string of the molecule is CCC(=O)N1CCC(S(=O)(=O)c2ccc(OC)cc2)CC1. The van der Waals surface area contributed by atoms with Gasteiger partial charge in [0.2, 0.25) is 5.91 Å². The van der Waals surface area contributed by atoms with Gasteiger partial charge >= 0.3 is 0 Å². The highest BCUT2D eigenvalue weighted by Gasteiger charge is 2.32. The fourth-order valence-electron chi connectivity index (χ4n) is 2.60. The lowest BCUT2D eigenvalue weighted by molar-refractivity contribution is -0.131. The number of methoxy groups -OCH3 is 1. The van der Waals surface area contributed by atoms with E-state index in [0.717, 1.165) is 0 Å². The molecule has 1 amide bonds. The Morgan fingerprint density at radius 3 is 2.29 bits per heavy atom. The monoisotopic (exact) mass is 311 g/mol. The number of amides is 1. The predicted molar refractivity (Wildman–Crippen MR) is 80.1 cm³/mol. The summed E-state index contributed by atoms with van der Waals surface area (Å²) in [5, 5.41) is -0.410. The highest BCUT2D eigenvalue weighted by molar-refractivity contribution is 7.92. The maximum absolute atomic E-state index is 12.6. The van der Waals surface area contributed by atoms with E-state index in [1.807, 2.05) is 6.92 Å². The molecule has 0 aromatic heterocycles. The first-order valence-electron chi connectivity index (χ1n) is 7.14. The van der Waals surface area contributed by atoms with Gasteiger partial charge in [0.15, 0.2) is 9.84 Å². The van der Waals surface area contributed by atoms with Gasteiger partial charge in [0.05, 0.1) is 17.3 Å². The Bertz CT molecular complexity index is 587. The van der Waals surface area contributed by atoms with E-state index in [9.17, 15) is 13.2 Å². The van der Waals surface area contributed by atoms with Gasteiger partial charge < -0.3 is 9.64 Å². The Balaban J connectivity index is 2.09. The Morgan fingerprint density at radius 1 is 1.24 bits per heavy atom. The summed E-state index contributed by atoms with van der Waals surface area (Å²) in [4.78, 5) is 13.7. The number of sulfone groups is 1. The minimum atomic E-state index is -3.34. The van der Waals surface area contributed by atoms with E-state index in [0.29, 0.717) is 43.0 Å². The van der Waals surface area contributed by atoms with Crippen molar-refractivity contribution >= 4 is 15.7 Å². The second-order valence-electron chi connectivity index (χ2n) is 5.15. The highest BCUT2D eigenvalue weighted by atomic mass is 32.2. The smallest absolute Gasteiger partial charge is 0.222 e. The molecule has 0 saturated carbocycles. The summed E-state index contributed by atoms with van der Waals surface area (Å²) < 4.78 is 30.2. The normalized spacial score (nSPS) is 16.8. The number of carbonyl (C=O) groups is 1. The van der Waals surface area contributed by atoms with Crippen molar-refractivity contribution in [3.63, 3.8) is 0 Å². The first-order chi connectivity index (χ1) is 9.98. The van der Waals surface area contributed by atoms with Gasteiger partial charge in [-0.25, -0.2) is 8.42 Å². The molecule has 0 unspecified atom stereocenters. The van der Waals surface area contributed by atoms with Crippen LogP contribution in [0.2, 0.25) is 0 Å². The summed E-state index contributed by atoms with van der Waals surface area (Å²) in [7, 11) is -1.79. The van der Waals surface area contributed by atoms with Crippen molar-refractivity contribution in [2.75, 3.05) is 20.2 Å². The van der Waals surface area contributed by atoms with Gasteiger partial charge in [0, 0.05) is 19.5 Å². The van der Waals surface area contributed by atoms with Gasteiger partial charge in [-0.05, 0) is 37.1 Å². The van der Waals surface area contributed by atoms with Crippen molar-refractivity contribution in [1.82, 2.24) is 4.90 Å². The number of likely N-dealkylation sites (tertiary alicyclic amines) is 1. The van der Waals surface area contributed by atoms with Crippen molar-refractivity contribution < 1.29 is 17.9 Å². The zero-order chi connectivity index (χ0) is 15.5. The topological polar surface area (TPSA) is 63.7 Å². The number of rotatable bonds is 4. The summed E-state index contributed by atoms with van der Waals surface area (Å²) in [5.41, 5.74) is 0. The Labute approximate surface area is 125 Å². The molecular weight excluding hydrogens is 290 g/mol. The second kappa shape index (κ2) is 6.47. The molecule has 0 atom stereocenters. The number of benzene rings is 1. The van der Waals surface area contributed by atoms with Crippen LogP contribution < -0.4 is 4.74 Å². The van der Waals surface area contributed by atoms with Gasteiger partial charge in [-0.15, -0.1) is 0 Å². The number of ether oxygens (including phenoxy) is 1. The van der Waals surface area contributed by atoms with Crippen LogP contribution in [0.4, 0.5) is 0 Å². The largest absolute Gasteiger partial charge is 0.497 e. The second-order valence-corrected chi connectivity index (χ2v) is 7.38. The summed E-state index contributed by atoms with van der Waals surface area (Å²) in [6, 6.07) is 6.47. The Morgan fingerprint density at radius 2 is 1.81 bits per heavy atom. The zero-order valence-corrected chi connectivity index (χ0v) is 13.2. The van der Waals surface area contributed by atoms with E-state index < -0.39 is 15.1 Å². The molecule has 5 nitrogen and oxygen atoms in total. The number of piperidine rings is 1. The highest BCUT2D eigenvalue weighted by Crippen LogP contribution is 2.26. The number of hydrogen-bond donors (Lipinski definition) is 0. The van der Waals surface area contributed by atoms with Crippen LogP contribution in [0, 0.1) is 0 Å². The van der Waals surface area contributed by atoms with Gasteiger partial charge in [0.25, 0.3) is 0 Å². The third kappa shape index (κ3) is 3.37. The maximum Gasteiger partial charge on any atom is 0.222 e. The van der Waals surface area contributed by atoms with E-state index in [4.69, 9.17) is 4.74 Å². The maximum atomic E-state index is 12.6. The summed E-state index contributed by atoms with van der Waals surface area (Å²) >= 11 is 0. The predicted octanol–water partition coefficient (Wildman–Crippen LogP) is 1.87. The first kappa shape index (κ1) is 15.8. The molecule has 1 fully saturated rings. The first-order valence-corrected chi connectivity index (χ1v) is 8.69. The van der Waals surface area contributed by atoms with Crippen molar-refractivity contribution in [1.29, 1.82) is 0 Å². The number of carbonyl (C=O) groups excluding carboxylic acids is 1. The third-order valence-electron chi connectivity index (χ3n) is 3.92. The van der Waals surface area contributed by atoms with E-state index in [2.05, 4.69) is 0 Å². The molecular formula is C15H21NO4S. The van der Waals surface area contributed by atoms with E-state index in [1.165, 1.54) is 0 Å². The summed E-state index contributed by atoms with van der Waals surface area (Å²) in [5.74, 6) is 0.729. The van der Waals surface area contributed by atoms with Gasteiger partial charge in [-0.1, -0.05) is 6.92 Å². The van der Waals surface area contributed by atoms with Crippen LogP contribution in [0.25, 0.3) is 0 Å². The molecule has 2 rings (SSSR count). The van der Waals surface area contributed by atoms with E-state index >= 15 is 0 Å². The molecule has 1 aromatic rings. The minimum Gasteiger partial charge on any atom is -0.497 e. The molecule has 1 heterocycles. The molecule has 0 radical (unpaired) electrons. The van der Waals surface area contributed by atoms with Gasteiger partial charge in [0.1, 0.15) is 5.75 Å². The van der Waals surface area contributed by atoms with Crippen molar-refractivity contribution in [3.8, 4) is 5.75 Å². The van der Waals surface area contributed by atoms with Gasteiger partial charge in [-0.3, -0.25) is 4.79 Å². The van der Waals surface area contributed by atoms with Crippen LogP contribution in [0.1, 0.15) is 26.2 Å². The molecule has 21 heavy (non-hydrogen) atoms. The molecule has 6 heteroatoms. The fraction of sp³-hybridized carbons (Fsp3) is 0.533. The van der Waals surface area contributed by atoms with Crippen LogP contribution in [-0.4, -0.2) is 44.7 Å². The average molecular weight is 311 g/mol. The molecule has 0 N–H and O–H groups in total. The fourth-order valence-corrected chi connectivity index (χ4v) is 4.33. The number of nitrogens with zero attached hydrogens (tertiary/aromatic N) is 1. The standard InChI is InChI=1S/C15H21NO4S/c1-3-15(17)16-10-8-14(9-11-16)21(18,19)13-6-4-12(20-2)5-7-13/h4-7,14H,3,8-11H2,1-2H3. The molecule has 0 aliphatic carbocycles. The molecule has 1 aliphatic heterocycles. The lowest BCUT2D eigenvalue weighted by Crippen LogP contribution is -2.42. The number of hydrogen-bond acceptors (Lipinski definition) is 4. The van der Waals surface area contributed by atoms with E-state index in [1.54, 1.807) is 36.3 Å². The average Bonchev–Trinajstić information content (AvgIpc) is 2.54. The minimum absolute atomic E-state index is 0.0929. The lowest BCUT2D eigenvalue weighted by atomic mass is 10.1. The molecule has 116 valence electrons. The molecule has 0 spiro atoms. The van der Waals surface area contributed by atoms with Crippen LogP contribution in [0.5, 0.6) is 5.75 Å². The third-order valence-corrected chi connectivity index (χ3v) is 6.20. The zero-order valence-electron chi connectivity index (χ0n) is 12.4. The molecule has 1 aliphatic rings. The molecule has 1 aromatic carbocycles. The summed E-state index contributed by atoms with van der Waals surface area (Å²) in [6.07, 6.45) is 1.47. The van der Waals surface area contributed by atoms with Crippen LogP contribution in [0.3, 0.4) is 0 Å². The van der Waals surface area contributed by atoms with Gasteiger partial charge in [-0.2, -0.15) is 0 Å². The molecule has 0 bridgehead atoms. The van der Waals surface area contributed by atoms with E-state index in [-0.39, 0.29) is 5.91 Å². The van der Waals surface area contributed by atoms with Crippen molar-refractivity contribution in [2.45, 2.75) is 36.3 Å². The molecule has 1 saturated heterocycles. The van der Waals surface area contributed by atoms with Crippen LogP contribution in [-0.2, 0) is 14.6 Å². The quantitative estimate of drug-likeness (QED) is 0.851.